The lowest BCUT2D eigenvalue weighted by molar-refractivity contribution is 0.0947. The van der Waals surface area contributed by atoms with Gasteiger partial charge in [0.05, 0.1) is 0 Å². The Morgan fingerprint density at radius 3 is 3.00 bits per heavy atom. The lowest BCUT2D eigenvalue weighted by atomic mass is 10.1. The van der Waals surface area contributed by atoms with Crippen LogP contribution in [-0.2, 0) is 19.4 Å². The average molecular weight is 373 g/mol. The molecule has 8 nitrogen and oxygen atoms in total. The highest BCUT2D eigenvalue weighted by atomic mass is 35.5. The van der Waals surface area contributed by atoms with E-state index in [1.165, 1.54) is 0 Å². The molecule has 3 aromatic rings. The number of fused-ring (bicyclic) bond motifs is 1. The maximum Gasteiger partial charge on any atom is 0.272 e. The van der Waals surface area contributed by atoms with E-state index >= 15 is 0 Å². The molecule has 0 saturated carbocycles. The van der Waals surface area contributed by atoms with Crippen LogP contribution in [0.15, 0.2) is 28.8 Å². The van der Waals surface area contributed by atoms with Crippen LogP contribution in [0, 0.1) is 0 Å². The Hall–Kier alpha value is -2.71. The molecule has 0 fully saturated rings. The van der Waals surface area contributed by atoms with Crippen LogP contribution < -0.4 is 10.6 Å². The topological polar surface area (TPSA) is 109 Å². The van der Waals surface area contributed by atoms with Crippen LogP contribution in [0.5, 0.6) is 0 Å². The number of hydrogen-bond acceptors (Lipinski definition) is 6. The van der Waals surface area contributed by atoms with Crippen molar-refractivity contribution in [2.75, 3.05) is 13.1 Å². The van der Waals surface area contributed by atoms with Crippen LogP contribution in [0.25, 0.3) is 11.4 Å². The summed E-state index contributed by atoms with van der Waals surface area (Å²) in [7, 11) is 0. The van der Waals surface area contributed by atoms with Crippen molar-refractivity contribution in [3.8, 4) is 11.4 Å². The molecule has 1 aliphatic rings. The predicted octanol–water partition coefficient (Wildman–Crippen LogP) is 1.73. The van der Waals surface area contributed by atoms with Gasteiger partial charge >= 0.3 is 0 Å². The van der Waals surface area contributed by atoms with Gasteiger partial charge in [0.25, 0.3) is 5.91 Å². The zero-order valence-electron chi connectivity index (χ0n) is 13.9. The summed E-state index contributed by atoms with van der Waals surface area (Å²) < 4.78 is 5.24. The number of benzene rings is 1. The van der Waals surface area contributed by atoms with Crippen molar-refractivity contribution in [2.45, 2.75) is 19.4 Å². The Morgan fingerprint density at radius 2 is 2.15 bits per heavy atom. The van der Waals surface area contributed by atoms with Crippen molar-refractivity contribution in [2.24, 2.45) is 0 Å². The van der Waals surface area contributed by atoms with Gasteiger partial charge in [-0.3, -0.25) is 9.89 Å². The molecular weight excluding hydrogens is 356 g/mol. The Morgan fingerprint density at radius 1 is 1.31 bits per heavy atom. The number of aromatic amines is 1. The third-order valence-electron chi connectivity index (χ3n) is 4.22. The lowest BCUT2D eigenvalue weighted by Crippen LogP contribution is -2.29. The number of H-pyrrole nitrogens is 1. The first-order valence-corrected chi connectivity index (χ1v) is 8.72. The molecule has 26 heavy (non-hydrogen) atoms. The van der Waals surface area contributed by atoms with Crippen molar-refractivity contribution in [1.82, 2.24) is 31.0 Å². The summed E-state index contributed by atoms with van der Waals surface area (Å²) in [6.45, 7) is 1.93. The number of nitrogens with one attached hydrogen (secondary N) is 3. The van der Waals surface area contributed by atoms with Gasteiger partial charge in [-0.15, -0.1) is 0 Å². The molecular formula is C17H17ClN6O2. The molecule has 1 aromatic carbocycles. The van der Waals surface area contributed by atoms with E-state index in [1.54, 1.807) is 12.1 Å². The highest BCUT2D eigenvalue weighted by Crippen LogP contribution is 2.19. The average Bonchev–Trinajstić information content (AvgIpc) is 3.29. The van der Waals surface area contributed by atoms with Gasteiger partial charge in [-0.25, -0.2) is 0 Å². The first-order valence-electron chi connectivity index (χ1n) is 8.34. The van der Waals surface area contributed by atoms with E-state index in [0.29, 0.717) is 41.9 Å². The Bertz CT molecular complexity index is 918. The highest BCUT2D eigenvalue weighted by Gasteiger charge is 2.21. The van der Waals surface area contributed by atoms with Crippen molar-refractivity contribution in [3.63, 3.8) is 0 Å². The SMILES string of the molecule is O=C(NCCc1nc(-c2ccc(Cl)cc2)no1)c1n[nH]c2c1CNCC2. The van der Waals surface area contributed by atoms with E-state index in [9.17, 15) is 4.79 Å². The summed E-state index contributed by atoms with van der Waals surface area (Å²) in [4.78, 5) is 16.7. The van der Waals surface area contributed by atoms with Gasteiger partial charge in [-0.2, -0.15) is 10.1 Å². The van der Waals surface area contributed by atoms with Gasteiger partial charge in [0.2, 0.25) is 11.7 Å². The van der Waals surface area contributed by atoms with E-state index in [0.717, 1.165) is 29.8 Å². The molecule has 4 rings (SSSR count). The second-order valence-corrected chi connectivity index (χ2v) is 6.42. The van der Waals surface area contributed by atoms with Gasteiger partial charge in [-0.1, -0.05) is 16.8 Å². The predicted molar refractivity (Wildman–Crippen MR) is 94.8 cm³/mol. The minimum absolute atomic E-state index is 0.205. The number of amides is 1. The maximum atomic E-state index is 12.3. The van der Waals surface area contributed by atoms with Crippen LogP contribution in [0.2, 0.25) is 5.02 Å². The van der Waals surface area contributed by atoms with Gasteiger partial charge in [-0.05, 0) is 24.3 Å². The molecule has 134 valence electrons. The smallest absolute Gasteiger partial charge is 0.272 e. The molecule has 0 spiro atoms. The van der Waals surface area contributed by atoms with Crippen molar-refractivity contribution >= 4 is 17.5 Å². The first kappa shape index (κ1) is 16.7. The molecule has 1 amide bonds. The van der Waals surface area contributed by atoms with E-state index < -0.39 is 0 Å². The van der Waals surface area contributed by atoms with Crippen molar-refractivity contribution in [3.05, 3.63) is 52.1 Å². The fraction of sp³-hybridized carbons (Fsp3) is 0.294. The number of halogens is 1. The highest BCUT2D eigenvalue weighted by molar-refractivity contribution is 6.30. The summed E-state index contributed by atoms with van der Waals surface area (Å²) in [6, 6.07) is 7.19. The normalized spacial score (nSPS) is 13.4. The molecule has 0 aliphatic carbocycles. The third kappa shape index (κ3) is 3.47. The van der Waals surface area contributed by atoms with E-state index in [-0.39, 0.29) is 5.91 Å². The number of aromatic nitrogens is 4. The number of carbonyl (C=O) groups excluding carboxylic acids is 1. The van der Waals surface area contributed by atoms with Crippen LogP contribution in [0.4, 0.5) is 0 Å². The third-order valence-corrected chi connectivity index (χ3v) is 4.47. The van der Waals surface area contributed by atoms with Gasteiger partial charge < -0.3 is 15.2 Å². The number of hydrogen-bond donors (Lipinski definition) is 3. The van der Waals surface area contributed by atoms with Crippen LogP contribution in [0.3, 0.4) is 0 Å². The van der Waals surface area contributed by atoms with Gasteiger partial charge in [0, 0.05) is 54.3 Å². The first-order chi connectivity index (χ1) is 12.7. The monoisotopic (exact) mass is 372 g/mol. The zero-order chi connectivity index (χ0) is 17.9. The Kier molecular flexibility index (Phi) is 4.68. The number of nitrogens with zero attached hydrogens (tertiary/aromatic N) is 3. The minimum atomic E-state index is -0.205. The molecule has 2 aromatic heterocycles. The summed E-state index contributed by atoms with van der Waals surface area (Å²) in [6.07, 6.45) is 1.29. The molecule has 3 N–H and O–H groups in total. The van der Waals surface area contributed by atoms with Crippen molar-refractivity contribution < 1.29 is 9.32 Å². The molecule has 3 heterocycles. The fourth-order valence-corrected chi connectivity index (χ4v) is 2.98. The molecule has 1 aliphatic heterocycles. The van der Waals surface area contributed by atoms with Crippen LogP contribution in [-0.4, -0.2) is 39.3 Å². The second kappa shape index (κ2) is 7.27. The summed E-state index contributed by atoms with van der Waals surface area (Å²) in [5.74, 6) is 0.750. The second-order valence-electron chi connectivity index (χ2n) is 5.98. The maximum absolute atomic E-state index is 12.3. The Labute approximate surface area is 154 Å². The van der Waals surface area contributed by atoms with E-state index in [4.69, 9.17) is 16.1 Å². The largest absolute Gasteiger partial charge is 0.350 e. The zero-order valence-corrected chi connectivity index (χ0v) is 14.6. The van der Waals surface area contributed by atoms with E-state index in [1.807, 2.05) is 12.1 Å². The number of rotatable bonds is 5. The van der Waals surface area contributed by atoms with Gasteiger partial charge in [0.15, 0.2) is 5.69 Å². The molecule has 0 atom stereocenters. The summed E-state index contributed by atoms with van der Waals surface area (Å²) in [5, 5.41) is 17.8. The van der Waals surface area contributed by atoms with Gasteiger partial charge in [0.1, 0.15) is 0 Å². The lowest BCUT2D eigenvalue weighted by Gasteiger charge is -2.12. The fourth-order valence-electron chi connectivity index (χ4n) is 2.85. The Balaban J connectivity index is 1.34. The standard InChI is InChI=1S/C17H17ClN6O2/c18-11-3-1-10(2-4-11)16-21-14(26-24-16)6-8-20-17(25)15-12-9-19-7-5-13(12)22-23-15/h1-4,19H,5-9H2,(H,20,25)(H,22,23). The van der Waals surface area contributed by atoms with Crippen molar-refractivity contribution in [1.29, 1.82) is 0 Å². The quantitative estimate of drug-likeness (QED) is 0.629. The van der Waals surface area contributed by atoms with Crippen LogP contribution in [0.1, 0.15) is 27.6 Å². The molecule has 0 saturated heterocycles. The molecule has 0 unspecified atom stereocenters. The van der Waals surface area contributed by atoms with E-state index in [2.05, 4.69) is 31.0 Å². The van der Waals surface area contributed by atoms with Crippen LogP contribution >= 0.6 is 11.6 Å². The minimum Gasteiger partial charge on any atom is -0.350 e. The number of carbonyl (C=O) groups is 1. The summed E-state index contributed by atoms with van der Waals surface area (Å²) >= 11 is 5.87. The summed E-state index contributed by atoms with van der Waals surface area (Å²) in [5.41, 5.74) is 3.23. The molecule has 9 heteroatoms. The molecule has 0 radical (unpaired) electrons. The molecule has 0 bridgehead atoms.